The summed E-state index contributed by atoms with van der Waals surface area (Å²) in [4.78, 5) is 11.1. The maximum Gasteiger partial charge on any atom is 0.222 e. The van der Waals surface area contributed by atoms with Crippen molar-refractivity contribution in [2.75, 3.05) is 0 Å². The molecule has 0 saturated carbocycles. The molecule has 1 amide bonds. The molecule has 4 nitrogen and oxygen atoms in total. The van der Waals surface area contributed by atoms with Crippen LogP contribution in [-0.2, 0) is 4.79 Å². The van der Waals surface area contributed by atoms with E-state index >= 15 is 0 Å². The van der Waals surface area contributed by atoms with Crippen molar-refractivity contribution >= 4 is 5.91 Å². The van der Waals surface area contributed by atoms with E-state index < -0.39 is 5.54 Å². The zero-order valence-corrected chi connectivity index (χ0v) is 10.7. The Kier molecular flexibility index (Phi) is 4.31. The van der Waals surface area contributed by atoms with Gasteiger partial charge in [-0.2, -0.15) is 5.06 Å². The van der Waals surface area contributed by atoms with Crippen LogP contribution in [0.5, 0.6) is 0 Å². The summed E-state index contributed by atoms with van der Waals surface area (Å²) in [6, 6.07) is 0. The molecule has 0 spiro atoms. The minimum absolute atomic E-state index is 0.285. The van der Waals surface area contributed by atoms with Gasteiger partial charge in [0, 0.05) is 5.54 Å². The summed E-state index contributed by atoms with van der Waals surface area (Å²) >= 11 is 0. The molecule has 0 aromatic rings. The normalized spacial score (nSPS) is 28.1. The van der Waals surface area contributed by atoms with Gasteiger partial charge < -0.3 is 10.9 Å². The van der Waals surface area contributed by atoms with Gasteiger partial charge in [-0.1, -0.05) is 13.8 Å². The molecule has 1 rings (SSSR count). The number of amides is 1. The third-order valence-corrected chi connectivity index (χ3v) is 3.02. The summed E-state index contributed by atoms with van der Waals surface area (Å²) in [6.45, 7) is 11.5. The van der Waals surface area contributed by atoms with Crippen LogP contribution >= 0.6 is 0 Å². The summed E-state index contributed by atoms with van der Waals surface area (Å²) in [5.41, 5.74) is 4.35. The summed E-state index contributed by atoms with van der Waals surface area (Å²) in [5.74, 6) is -0.623. The zero-order chi connectivity index (χ0) is 12.4. The van der Waals surface area contributed by atoms with Crippen LogP contribution in [0.2, 0.25) is 0 Å². The van der Waals surface area contributed by atoms with E-state index in [1.165, 1.54) is 5.06 Å². The summed E-state index contributed by atoms with van der Waals surface area (Å²) in [6.07, 6.45) is 0.603. The lowest BCUT2D eigenvalue weighted by atomic mass is 9.86. The molecule has 0 aromatic heterocycles. The largest absolute Gasteiger partial charge is 0.369 e. The maximum absolute atomic E-state index is 11.1. The lowest BCUT2D eigenvalue weighted by molar-refractivity contribution is -0.197. The van der Waals surface area contributed by atoms with Crippen molar-refractivity contribution in [3.05, 3.63) is 0 Å². The second kappa shape index (κ2) is 4.49. The van der Waals surface area contributed by atoms with Crippen molar-refractivity contribution < 1.29 is 10.0 Å². The number of carbonyl (C=O) groups is 1. The lowest BCUT2D eigenvalue weighted by Crippen LogP contribution is -2.49. The molecule has 1 saturated heterocycles. The second-order valence-electron chi connectivity index (χ2n) is 4.94. The highest BCUT2D eigenvalue weighted by molar-refractivity contribution is 5.78. The van der Waals surface area contributed by atoms with E-state index in [-0.39, 0.29) is 17.4 Å². The first-order chi connectivity index (χ1) is 6.69. The molecule has 0 aromatic carbocycles. The van der Waals surface area contributed by atoms with E-state index in [4.69, 9.17) is 5.73 Å². The van der Waals surface area contributed by atoms with Crippen LogP contribution in [-0.4, -0.2) is 27.3 Å². The van der Waals surface area contributed by atoms with E-state index in [2.05, 4.69) is 0 Å². The first kappa shape index (κ1) is 14.4. The molecule has 0 radical (unpaired) electrons. The number of nitrogens with two attached hydrogens (primary N) is 1. The highest BCUT2D eigenvalue weighted by Gasteiger charge is 2.53. The fraction of sp³-hybridized carbons (Fsp3) is 0.909. The molecule has 0 bridgehead atoms. The summed E-state index contributed by atoms with van der Waals surface area (Å²) in [5, 5.41) is 11.1. The quantitative estimate of drug-likeness (QED) is 0.702. The van der Waals surface area contributed by atoms with E-state index in [0.717, 1.165) is 0 Å². The zero-order valence-electron chi connectivity index (χ0n) is 10.7. The first-order valence-corrected chi connectivity index (χ1v) is 5.48. The average Bonchev–Trinajstić information content (AvgIpc) is 2.30. The highest BCUT2D eigenvalue weighted by atomic mass is 16.5. The third kappa shape index (κ3) is 2.49. The molecule has 1 aliphatic rings. The van der Waals surface area contributed by atoms with Crippen LogP contribution in [0.15, 0.2) is 0 Å². The van der Waals surface area contributed by atoms with Crippen LogP contribution in [0.4, 0.5) is 0 Å². The van der Waals surface area contributed by atoms with Gasteiger partial charge in [-0.05, 0) is 34.1 Å². The molecular weight excluding hydrogens is 192 g/mol. The van der Waals surface area contributed by atoms with E-state index in [9.17, 15) is 10.0 Å². The molecule has 1 aliphatic heterocycles. The predicted molar refractivity (Wildman–Crippen MR) is 60.4 cm³/mol. The van der Waals surface area contributed by atoms with Gasteiger partial charge in [0.25, 0.3) is 0 Å². The fourth-order valence-electron chi connectivity index (χ4n) is 2.21. The second-order valence-corrected chi connectivity index (χ2v) is 4.94. The van der Waals surface area contributed by atoms with Crippen LogP contribution in [0.1, 0.15) is 48.0 Å². The molecule has 1 heterocycles. The number of hydrogen-bond donors (Lipinski definition) is 2. The average molecular weight is 216 g/mol. The third-order valence-electron chi connectivity index (χ3n) is 3.02. The number of rotatable bonds is 1. The molecule has 1 fully saturated rings. The van der Waals surface area contributed by atoms with Crippen LogP contribution < -0.4 is 5.73 Å². The fourth-order valence-corrected chi connectivity index (χ4v) is 2.21. The van der Waals surface area contributed by atoms with Gasteiger partial charge in [-0.25, -0.2) is 0 Å². The Morgan fingerprint density at radius 2 is 1.73 bits per heavy atom. The summed E-state index contributed by atoms with van der Waals surface area (Å²) in [7, 11) is 0. The van der Waals surface area contributed by atoms with Gasteiger partial charge in [0.1, 0.15) is 0 Å². The Labute approximate surface area is 92.4 Å². The van der Waals surface area contributed by atoms with Gasteiger partial charge in [0.05, 0.1) is 11.5 Å². The highest BCUT2D eigenvalue weighted by Crippen LogP contribution is 2.43. The van der Waals surface area contributed by atoms with Crippen molar-refractivity contribution in [1.29, 1.82) is 0 Å². The first-order valence-electron chi connectivity index (χ1n) is 5.48. The molecule has 1 unspecified atom stereocenters. The van der Waals surface area contributed by atoms with E-state index in [1.807, 2.05) is 41.5 Å². The van der Waals surface area contributed by atoms with Crippen LogP contribution in [0.3, 0.4) is 0 Å². The lowest BCUT2D eigenvalue weighted by Gasteiger charge is -2.35. The van der Waals surface area contributed by atoms with Crippen molar-refractivity contribution in [3.8, 4) is 0 Å². The van der Waals surface area contributed by atoms with E-state index in [0.29, 0.717) is 6.42 Å². The standard InChI is InChI=1S/C9H18N2O2.C2H6/c1-8(2)5-6(7(10)12)9(3,4)11(8)13;1-2/h6,13H,5H2,1-4H3,(H2,10,12);1-2H3. The van der Waals surface area contributed by atoms with Crippen molar-refractivity contribution in [2.45, 2.75) is 59.0 Å². The number of hydroxylamine groups is 2. The number of nitrogens with zero attached hydrogens (tertiary/aromatic N) is 1. The Bertz CT molecular complexity index is 237. The van der Waals surface area contributed by atoms with Gasteiger partial charge >= 0.3 is 0 Å². The van der Waals surface area contributed by atoms with Gasteiger partial charge in [-0.15, -0.1) is 0 Å². The molecule has 4 heteroatoms. The molecule has 0 aliphatic carbocycles. The Morgan fingerprint density at radius 3 is 1.87 bits per heavy atom. The monoisotopic (exact) mass is 216 g/mol. The van der Waals surface area contributed by atoms with Gasteiger partial charge in [0.2, 0.25) is 5.91 Å². The van der Waals surface area contributed by atoms with Gasteiger partial charge in [0.15, 0.2) is 0 Å². The SMILES string of the molecule is CC.CC1(C)CC(C(N)=O)C(C)(C)N1O. The smallest absolute Gasteiger partial charge is 0.222 e. The predicted octanol–water partition coefficient (Wildman–Crippen LogP) is 1.77. The minimum Gasteiger partial charge on any atom is -0.369 e. The number of hydrogen-bond acceptors (Lipinski definition) is 3. The molecule has 90 valence electrons. The Morgan fingerprint density at radius 1 is 1.33 bits per heavy atom. The topological polar surface area (TPSA) is 66.6 Å². The molecular formula is C11H24N2O2. The van der Waals surface area contributed by atoms with Crippen LogP contribution in [0, 0.1) is 5.92 Å². The van der Waals surface area contributed by atoms with Crippen molar-refractivity contribution in [3.63, 3.8) is 0 Å². The molecule has 15 heavy (non-hydrogen) atoms. The summed E-state index contributed by atoms with van der Waals surface area (Å²) < 4.78 is 0. The number of primary amides is 1. The Hall–Kier alpha value is -0.610. The number of carbonyl (C=O) groups excluding carboxylic acids is 1. The minimum atomic E-state index is -0.560. The van der Waals surface area contributed by atoms with Gasteiger partial charge in [-0.3, -0.25) is 4.79 Å². The maximum atomic E-state index is 11.1. The molecule has 3 N–H and O–H groups in total. The van der Waals surface area contributed by atoms with Crippen molar-refractivity contribution in [1.82, 2.24) is 5.06 Å². The molecule has 1 atom stereocenters. The Balaban J connectivity index is 0.000000921. The van der Waals surface area contributed by atoms with E-state index in [1.54, 1.807) is 0 Å². The van der Waals surface area contributed by atoms with Crippen LogP contribution in [0.25, 0.3) is 0 Å². The van der Waals surface area contributed by atoms with Crippen molar-refractivity contribution in [2.24, 2.45) is 11.7 Å².